The first-order valence-electron chi connectivity index (χ1n) is 7.66. The molecule has 0 spiro atoms. The second-order valence-electron chi connectivity index (χ2n) is 5.65. The minimum Gasteiger partial charge on any atom is -0.424 e. The molecule has 1 aromatic heterocycles. The van der Waals surface area contributed by atoms with Gasteiger partial charge in [0.1, 0.15) is 5.52 Å². The quantitative estimate of drug-likeness (QED) is 0.846. The molecular formula is C16H23N3O. The lowest BCUT2D eigenvalue weighted by atomic mass is 10.0. The zero-order valence-corrected chi connectivity index (χ0v) is 12.1. The number of aromatic nitrogens is 1. The van der Waals surface area contributed by atoms with Crippen LogP contribution in [0.25, 0.3) is 11.1 Å². The number of nitrogens with one attached hydrogen (secondary N) is 1. The lowest BCUT2D eigenvalue weighted by molar-refractivity contribution is 0.160. The van der Waals surface area contributed by atoms with Crippen molar-refractivity contribution in [3.05, 3.63) is 24.3 Å². The van der Waals surface area contributed by atoms with Crippen molar-refractivity contribution in [1.29, 1.82) is 0 Å². The lowest BCUT2D eigenvalue weighted by Gasteiger charge is -2.33. The Morgan fingerprint density at radius 1 is 1.35 bits per heavy atom. The van der Waals surface area contributed by atoms with E-state index in [1.807, 2.05) is 24.3 Å². The van der Waals surface area contributed by atoms with E-state index in [4.69, 9.17) is 4.42 Å². The Morgan fingerprint density at radius 3 is 3.10 bits per heavy atom. The van der Waals surface area contributed by atoms with Gasteiger partial charge in [-0.15, -0.1) is 0 Å². The van der Waals surface area contributed by atoms with Crippen LogP contribution in [0.1, 0.15) is 32.6 Å². The maximum Gasteiger partial charge on any atom is 0.295 e. The molecule has 1 saturated heterocycles. The molecule has 1 atom stereocenters. The van der Waals surface area contributed by atoms with Crippen LogP contribution in [0.15, 0.2) is 28.7 Å². The van der Waals surface area contributed by atoms with Gasteiger partial charge in [0.15, 0.2) is 5.58 Å². The highest BCUT2D eigenvalue weighted by molar-refractivity contribution is 5.74. The largest absolute Gasteiger partial charge is 0.424 e. The van der Waals surface area contributed by atoms with Crippen molar-refractivity contribution in [2.24, 2.45) is 0 Å². The van der Waals surface area contributed by atoms with E-state index < -0.39 is 0 Å². The standard InChI is InChI=1S/C16H23N3O/c1-13-7-4-5-11-19(13)12-6-10-17-16-18-14-8-2-3-9-15(14)20-16/h2-3,8-9,13H,4-7,10-12H2,1H3,(H,17,18)/t13-/m1/s1. The number of hydrogen-bond donors (Lipinski definition) is 1. The van der Waals surface area contributed by atoms with Crippen molar-refractivity contribution >= 4 is 17.1 Å². The van der Waals surface area contributed by atoms with Crippen LogP contribution in [0.2, 0.25) is 0 Å². The van der Waals surface area contributed by atoms with Gasteiger partial charge in [-0.25, -0.2) is 0 Å². The first kappa shape index (κ1) is 13.4. The fourth-order valence-corrected chi connectivity index (χ4v) is 2.92. The Bertz CT molecular complexity index is 518. The summed E-state index contributed by atoms with van der Waals surface area (Å²) in [7, 11) is 0. The number of para-hydroxylation sites is 2. The van der Waals surface area contributed by atoms with Crippen molar-refractivity contribution in [1.82, 2.24) is 9.88 Å². The highest BCUT2D eigenvalue weighted by Crippen LogP contribution is 2.18. The van der Waals surface area contributed by atoms with Crippen LogP contribution in [0.4, 0.5) is 6.01 Å². The van der Waals surface area contributed by atoms with Crippen LogP contribution in [0.5, 0.6) is 0 Å². The van der Waals surface area contributed by atoms with Crippen molar-refractivity contribution in [3.63, 3.8) is 0 Å². The van der Waals surface area contributed by atoms with Gasteiger partial charge in [-0.1, -0.05) is 18.6 Å². The molecule has 0 radical (unpaired) electrons. The maximum atomic E-state index is 5.65. The van der Waals surface area contributed by atoms with E-state index in [0.717, 1.165) is 36.7 Å². The summed E-state index contributed by atoms with van der Waals surface area (Å²) < 4.78 is 5.65. The van der Waals surface area contributed by atoms with E-state index in [1.54, 1.807) is 0 Å². The third-order valence-corrected chi connectivity index (χ3v) is 4.13. The van der Waals surface area contributed by atoms with Gasteiger partial charge in [0.2, 0.25) is 0 Å². The molecule has 2 aromatic rings. The van der Waals surface area contributed by atoms with Gasteiger partial charge in [0.05, 0.1) is 0 Å². The van der Waals surface area contributed by atoms with E-state index in [1.165, 1.54) is 25.8 Å². The predicted molar refractivity (Wildman–Crippen MR) is 82.0 cm³/mol. The Labute approximate surface area is 120 Å². The number of rotatable bonds is 5. The Hall–Kier alpha value is -1.55. The average molecular weight is 273 g/mol. The van der Waals surface area contributed by atoms with E-state index in [0.29, 0.717) is 6.01 Å². The molecular weight excluding hydrogens is 250 g/mol. The fourth-order valence-electron chi connectivity index (χ4n) is 2.92. The highest BCUT2D eigenvalue weighted by Gasteiger charge is 2.17. The summed E-state index contributed by atoms with van der Waals surface area (Å²) in [6, 6.07) is 9.25. The molecule has 2 heterocycles. The average Bonchev–Trinajstić information content (AvgIpc) is 2.88. The Kier molecular flexibility index (Phi) is 4.21. The molecule has 20 heavy (non-hydrogen) atoms. The summed E-state index contributed by atoms with van der Waals surface area (Å²) in [5, 5.41) is 3.28. The van der Waals surface area contributed by atoms with Gasteiger partial charge in [-0.2, -0.15) is 4.98 Å². The van der Waals surface area contributed by atoms with Crippen LogP contribution in [0.3, 0.4) is 0 Å². The monoisotopic (exact) mass is 273 g/mol. The van der Waals surface area contributed by atoms with Crippen LogP contribution in [-0.2, 0) is 0 Å². The van der Waals surface area contributed by atoms with Crippen molar-refractivity contribution < 1.29 is 4.42 Å². The number of anilines is 1. The first-order chi connectivity index (χ1) is 9.83. The normalized spacial score (nSPS) is 20.4. The summed E-state index contributed by atoms with van der Waals surface area (Å²) in [5.41, 5.74) is 1.76. The molecule has 1 aromatic carbocycles. The third kappa shape index (κ3) is 3.12. The Morgan fingerprint density at radius 2 is 2.25 bits per heavy atom. The second kappa shape index (κ2) is 6.27. The smallest absolute Gasteiger partial charge is 0.295 e. The molecule has 0 aliphatic carbocycles. The van der Waals surface area contributed by atoms with E-state index in [-0.39, 0.29) is 0 Å². The summed E-state index contributed by atoms with van der Waals surface area (Å²) in [5.74, 6) is 0. The van der Waals surface area contributed by atoms with Crippen LogP contribution < -0.4 is 5.32 Å². The summed E-state index contributed by atoms with van der Waals surface area (Å²) >= 11 is 0. The molecule has 108 valence electrons. The number of piperidine rings is 1. The van der Waals surface area contributed by atoms with Crippen molar-refractivity contribution in [2.45, 2.75) is 38.6 Å². The number of hydrogen-bond acceptors (Lipinski definition) is 4. The predicted octanol–water partition coefficient (Wildman–Crippen LogP) is 3.50. The minimum atomic E-state index is 0.637. The molecule has 0 bridgehead atoms. The van der Waals surface area contributed by atoms with Crippen LogP contribution in [-0.4, -0.2) is 35.6 Å². The number of fused-ring (bicyclic) bond motifs is 1. The molecule has 0 amide bonds. The first-order valence-corrected chi connectivity index (χ1v) is 7.66. The minimum absolute atomic E-state index is 0.637. The zero-order valence-electron chi connectivity index (χ0n) is 12.1. The van der Waals surface area contributed by atoms with Gasteiger partial charge in [-0.05, 0) is 44.9 Å². The third-order valence-electron chi connectivity index (χ3n) is 4.13. The van der Waals surface area contributed by atoms with Gasteiger partial charge < -0.3 is 14.6 Å². The van der Waals surface area contributed by atoms with Crippen LogP contribution in [0, 0.1) is 0 Å². The second-order valence-corrected chi connectivity index (χ2v) is 5.65. The fraction of sp³-hybridized carbons (Fsp3) is 0.562. The molecule has 4 nitrogen and oxygen atoms in total. The SMILES string of the molecule is C[C@@H]1CCCCN1CCCNc1nc2ccccc2o1. The molecule has 0 unspecified atom stereocenters. The van der Waals surface area contributed by atoms with E-state index >= 15 is 0 Å². The lowest BCUT2D eigenvalue weighted by Crippen LogP contribution is -2.38. The highest BCUT2D eigenvalue weighted by atomic mass is 16.4. The summed E-state index contributed by atoms with van der Waals surface area (Å²) in [6.07, 6.45) is 5.21. The van der Waals surface area contributed by atoms with Crippen molar-refractivity contribution in [2.75, 3.05) is 25.0 Å². The molecule has 0 saturated carbocycles. The maximum absolute atomic E-state index is 5.65. The number of oxazole rings is 1. The number of nitrogens with zero attached hydrogens (tertiary/aromatic N) is 2. The summed E-state index contributed by atoms with van der Waals surface area (Å²) in [6.45, 7) is 5.67. The van der Waals surface area contributed by atoms with Crippen molar-refractivity contribution in [3.8, 4) is 0 Å². The van der Waals surface area contributed by atoms with Gasteiger partial charge in [0.25, 0.3) is 6.01 Å². The molecule has 4 heteroatoms. The number of benzene rings is 1. The molecule has 1 aliphatic rings. The van der Waals surface area contributed by atoms with E-state index in [2.05, 4.69) is 22.1 Å². The number of likely N-dealkylation sites (tertiary alicyclic amines) is 1. The molecule has 1 fully saturated rings. The topological polar surface area (TPSA) is 41.3 Å². The summed E-state index contributed by atoms with van der Waals surface area (Å²) in [4.78, 5) is 7.02. The van der Waals surface area contributed by atoms with Gasteiger partial charge in [-0.3, -0.25) is 0 Å². The van der Waals surface area contributed by atoms with E-state index in [9.17, 15) is 0 Å². The molecule has 1 aliphatic heterocycles. The Balaban J connectivity index is 1.45. The zero-order chi connectivity index (χ0) is 13.8. The molecule has 1 N–H and O–H groups in total. The van der Waals surface area contributed by atoms with Gasteiger partial charge >= 0.3 is 0 Å². The van der Waals surface area contributed by atoms with Crippen LogP contribution >= 0.6 is 0 Å². The van der Waals surface area contributed by atoms with Gasteiger partial charge in [0, 0.05) is 19.1 Å². The molecule has 3 rings (SSSR count).